The van der Waals surface area contributed by atoms with Crippen LogP contribution in [0.1, 0.15) is 29.3 Å². The average Bonchev–Trinajstić information content (AvgIpc) is 2.90. The van der Waals surface area contributed by atoms with Crippen molar-refractivity contribution >= 4 is 28.1 Å². The second-order valence-electron chi connectivity index (χ2n) is 5.12. The van der Waals surface area contributed by atoms with Crippen LogP contribution in [0, 0.1) is 5.82 Å². The molecule has 110 valence electrons. The van der Waals surface area contributed by atoms with Crippen LogP contribution in [0.2, 0.25) is 0 Å². The molecule has 0 bridgehead atoms. The molecule has 0 spiro atoms. The zero-order valence-electron chi connectivity index (χ0n) is 11.5. The fourth-order valence-corrected chi connectivity index (χ4v) is 3.71. The first kappa shape index (κ1) is 14.0. The predicted octanol–water partition coefficient (Wildman–Crippen LogP) is 3.55. The summed E-state index contributed by atoms with van der Waals surface area (Å²) >= 11 is 1.52. The molecule has 0 amide bonds. The molecule has 1 aromatic carbocycles. The number of nitrogens with zero attached hydrogens (tertiary/aromatic N) is 2. The highest BCUT2D eigenvalue weighted by atomic mass is 32.1. The Kier molecular flexibility index (Phi) is 3.63. The zero-order valence-corrected chi connectivity index (χ0v) is 12.4. The third-order valence-electron chi connectivity index (χ3n) is 3.74. The van der Waals surface area contributed by atoms with Gasteiger partial charge in [-0.1, -0.05) is 0 Å². The van der Waals surface area contributed by atoms with Gasteiger partial charge in [0, 0.05) is 17.6 Å². The van der Waals surface area contributed by atoms with Crippen molar-refractivity contribution in [1.29, 1.82) is 0 Å². The number of carbonyl (C=O) groups is 1. The van der Waals surface area contributed by atoms with Crippen molar-refractivity contribution in [3.8, 4) is 0 Å². The van der Waals surface area contributed by atoms with Gasteiger partial charge in [-0.3, -0.25) is 4.79 Å². The molecule has 4 nitrogen and oxygen atoms in total. The first-order chi connectivity index (χ1) is 10.1. The molecular formula is C15H15FN2O2S. The van der Waals surface area contributed by atoms with E-state index in [2.05, 4.69) is 4.98 Å². The highest BCUT2D eigenvalue weighted by molar-refractivity contribution is 7.15. The lowest BCUT2D eigenvalue weighted by atomic mass is 9.91. The summed E-state index contributed by atoms with van der Waals surface area (Å²) in [6, 6.07) is 6.17. The number of benzene rings is 1. The highest BCUT2D eigenvalue weighted by Crippen LogP contribution is 2.39. The number of halogens is 1. The van der Waals surface area contributed by atoms with Gasteiger partial charge in [-0.15, -0.1) is 11.3 Å². The number of aryl methyl sites for hydroxylation is 1. The molecule has 1 N–H and O–H groups in total. The first-order valence-electron chi connectivity index (χ1n) is 6.78. The minimum absolute atomic E-state index is 0.281. The van der Waals surface area contributed by atoms with Gasteiger partial charge in [0.25, 0.3) is 0 Å². The Hall–Kier alpha value is -1.95. The molecule has 0 radical (unpaired) electrons. The SMILES string of the molecule is CN(c1ccc(F)cc1)c1nc2c(s1)CCCC2C(=O)O. The number of aliphatic carboxylic acids is 1. The summed E-state index contributed by atoms with van der Waals surface area (Å²) in [6.45, 7) is 0. The number of aromatic nitrogens is 1. The Balaban J connectivity index is 1.93. The van der Waals surface area contributed by atoms with Crippen molar-refractivity contribution in [2.75, 3.05) is 11.9 Å². The van der Waals surface area contributed by atoms with Gasteiger partial charge >= 0.3 is 5.97 Å². The van der Waals surface area contributed by atoms with Crippen LogP contribution in [0.5, 0.6) is 0 Å². The number of carboxylic acids is 1. The van der Waals surface area contributed by atoms with E-state index in [1.54, 1.807) is 12.1 Å². The van der Waals surface area contributed by atoms with Gasteiger partial charge in [-0.2, -0.15) is 0 Å². The van der Waals surface area contributed by atoms with Gasteiger partial charge in [-0.25, -0.2) is 9.37 Å². The monoisotopic (exact) mass is 306 g/mol. The van der Waals surface area contributed by atoms with Gasteiger partial charge in [-0.05, 0) is 43.5 Å². The number of rotatable bonds is 3. The number of anilines is 2. The second-order valence-corrected chi connectivity index (χ2v) is 6.19. The van der Waals surface area contributed by atoms with Crippen LogP contribution in [0.25, 0.3) is 0 Å². The van der Waals surface area contributed by atoms with E-state index in [0.717, 1.165) is 28.5 Å². The maximum Gasteiger partial charge on any atom is 0.312 e. The quantitative estimate of drug-likeness (QED) is 0.942. The Morgan fingerprint density at radius 2 is 2.14 bits per heavy atom. The van der Waals surface area contributed by atoms with Crippen molar-refractivity contribution in [3.63, 3.8) is 0 Å². The molecule has 2 aromatic rings. The van der Waals surface area contributed by atoms with Crippen LogP contribution in [0.3, 0.4) is 0 Å². The Morgan fingerprint density at radius 1 is 1.43 bits per heavy atom. The number of fused-ring (bicyclic) bond motifs is 1. The van der Waals surface area contributed by atoms with Crippen LogP contribution in [0.4, 0.5) is 15.2 Å². The molecule has 0 saturated heterocycles. The summed E-state index contributed by atoms with van der Waals surface area (Å²) < 4.78 is 13.0. The van der Waals surface area contributed by atoms with Gasteiger partial charge in [0.05, 0.1) is 5.69 Å². The normalized spacial score (nSPS) is 17.3. The van der Waals surface area contributed by atoms with Crippen LogP contribution in [-0.2, 0) is 11.2 Å². The standard InChI is InChI=1S/C15H15FN2O2S/c1-18(10-7-5-9(16)6-8-10)15-17-13-11(14(19)20)3-2-4-12(13)21-15/h5-8,11H,2-4H2,1H3,(H,19,20). The fraction of sp³-hybridized carbons (Fsp3) is 0.333. The van der Waals surface area contributed by atoms with Crippen LogP contribution in [-0.4, -0.2) is 23.1 Å². The molecular weight excluding hydrogens is 291 g/mol. The van der Waals surface area contributed by atoms with Crippen LogP contribution >= 0.6 is 11.3 Å². The lowest BCUT2D eigenvalue weighted by molar-refractivity contribution is -0.139. The number of hydrogen-bond donors (Lipinski definition) is 1. The van der Waals surface area contributed by atoms with Crippen molar-refractivity contribution in [2.24, 2.45) is 0 Å². The topological polar surface area (TPSA) is 53.4 Å². The maximum absolute atomic E-state index is 13.0. The van der Waals surface area contributed by atoms with Gasteiger partial charge in [0.15, 0.2) is 5.13 Å². The minimum atomic E-state index is -0.808. The van der Waals surface area contributed by atoms with Crippen LogP contribution < -0.4 is 4.90 Å². The van der Waals surface area contributed by atoms with E-state index in [1.807, 2.05) is 11.9 Å². The second kappa shape index (κ2) is 5.44. The first-order valence-corrected chi connectivity index (χ1v) is 7.59. The molecule has 1 atom stereocenters. The predicted molar refractivity (Wildman–Crippen MR) is 79.9 cm³/mol. The van der Waals surface area contributed by atoms with E-state index in [0.29, 0.717) is 12.1 Å². The molecule has 0 saturated carbocycles. The molecule has 1 aliphatic rings. The largest absolute Gasteiger partial charge is 0.481 e. The lowest BCUT2D eigenvalue weighted by Gasteiger charge is -2.16. The summed E-state index contributed by atoms with van der Waals surface area (Å²) in [5, 5.41) is 10.0. The van der Waals surface area contributed by atoms with Crippen molar-refractivity contribution in [3.05, 3.63) is 40.7 Å². The minimum Gasteiger partial charge on any atom is -0.481 e. The van der Waals surface area contributed by atoms with E-state index in [4.69, 9.17) is 0 Å². The van der Waals surface area contributed by atoms with Crippen molar-refractivity contribution in [1.82, 2.24) is 4.98 Å². The molecule has 1 unspecified atom stereocenters. The van der Waals surface area contributed by atoms with Gasteiger partial charge in [0.2, 0.25) is 0 Å². The summed E-state index contributed by atoms with van der Waals surface area (Å²) in [7, 11) is 1.85. The molecule has 1 aromatic heterocycles. The molecule has 1 aliphatic carbocycles. The maximum atomic E-state index is 13.0. The average molecular weight is 306 g/mol. The summed E-state index contributed by atoms with van der Waals surface area (Å²) in [6.07, 6.45) is 2.41. The van der Waals surface area contributed by atoms with Crippen molar-refractivity contribution in [2.45, 2.75) is 25.2 Å². The summed E-state index contributed by atoms with van der Waals surface area (Å²) in [4.78, 5) is 18.8. The van der Waals surface area contributed by atoms with E-state index in [1.165, 1.54) is 23.5 Å². The zero-order chi connectivity index (χ0) is 15.0. The summed E-state index contributed by atoms with van der Waals surface area (Å²) in [5.74, 6) is -1.59. The van der Waals surface area contributed by atoms with Gasteiger partial charge < -0.3 is 10.0 Å². The lowest BCUT2D eigenvalue weighted by Crippen LogP contribution is -2.17. The molecule has 3 rings (SSSR count). The van der Waals surface area contributed by atoms with Crippen molar-refractivity contribution < 1.29 is 14.3 Å². The smallest absolute Gasteiger partial charge is 0.312 e. The van der Waals surface area contributed by atoms with Gasteiger partial charge in [0.1, 0.15) is 11.7 Å². The molecule has 21 heavy (non-hydrogen) atoms. The Morgan fingerprint density at radius 3 is 2.81 bits per heavy atom. The number of thiazole rings is 1. The highest BCUT2D eigenvalue weighted by Gasteiger charge is 2.30. The molecule has 6 heteroatoms. The third-order valence-corrected chi connectivity index (χ3v) is 4.95. The molecule has 0 fully saturated rings. The van der Waals surface area contributed by atoms with E-state index in [-0.39, 0.29) is 5.82 Å². The Bertz CT molecular complexity index is 669. The van der Waals surface area contributed by atoms with E-state index >= 15 is 0 Å². The fourth-order valence-electron chi connectivity index (χ4n) is 2.56. The number of hydrogen-bond acceptors (Lipinski definition) is 4. The third kappa shape index (κ3) is 2.63. The van der Waals surface area contributed by atoms with Crippen LogP contribution in [0.15, 0.2) is 24.3 Å². The summed E-state index contributed by atoms with van der Waals surface area (Å²) in [5.41, 5.74) is 1.53. The number of carboxylic acid groups (broad SMARTS) is 1. The van der Waals surface area contributed by atoms with E-state index < -0.39 is 11.9 Å². The molecule has 1 heterocycles. The molecule has 0 aliphatic heterocycles. The van der Waals surface area contributed by atoms with E-state index in [9.17, 15) is 14.3 Å². The Labute approximate surface area is 125 Å².